The molecule has 2 heterocycles. The highest BCUT2D eigenvalue weighted by Gasteiger charge is 2.28. The van der Waals surface area contributed by atoms with Gasteiger partial charge in [-0.25, -0.2) is 4.98 Å². The third kappa shape index (κ3) is 3.24. The van der Waals surface area contributed by atoms with Crippen LogP contribution in [0.15, 0.2) is 6.33 Å². The van der Waals surface area contributed by atoms with E-state index in [1.54, 1.807) is 7.11 Å². The SMILES string of the molecule is COC1CNC(C(=O)NCCc2ncn[nH]2)C1. The van der Waals surface area contributed by atoms with Crippen LogP contribution in [-0.2, 0) is 16.0 Å². The number of H-pyrrole nitrogens is 1. The number of hydrogen-bond donors (Lipinski definition) is 3. The van der Waals surface area contributed by atoms with Gasteiger partial charge in [-0.2, -0.15) is 5.10 Å². The summed E-state index contributed by atoms with van der Waals surface area (Å²) in [5.74, 6) is 0.795. The first kappa shape index (κ1) is 12.0. The Hall–Kier alpha value is -1.47. The normalized spacial score (nSPS) is 23.8. The molecule has 3 N–H and O–H groups in total. The molecule has 1 aromatic heterocycles. The van der Waals surface area contributed by atoms with Gasteiger partial charge in [-0.15, -0.1) is 0 Å². The maximum absolute atomic E-state index is 11.8. The third-order valence-corrected chi connectivity index (χ3v) is 2.87. The lowest BCUT2D eigenvalue weighted by molar-refractivity contribution is -0.122. The maximum atomic E-state index is 11.8. The minimum absolute atomic E-state index is 0.0177. The van der Waals surface area contributed by atoms with E-state index in [1.165, 1.54) is 6.33 Å². The number of nitrogens with one attached hydrogen (secondary N) is 3. The first-order valence-electron chi connectivity index (χ1n) is 5.67. The van der Waals surface area contributed by atoms with Gasteiger partial charge in [0, 0.05) is 26.6 Å². The van der Waals surface area contributed by atoms with E-state index in [1.807, 2.05) is 0 Å². The van der Waals surface area contributed by atoms with Crippen molar-refractivity contribution < 1.29 is 9.53 Å². The van der Waals surface area contributed by atoms with Gasteiger partial charge in [-0.3, -0.25) is 9.89 Å². The Morgan fingerprint density at radius 3 is 3.24 bits per heavy atom. The van der Waals surface area contributed by atoms with E-state index < -0.39 is 0 Å². The second-order valence-electron chi connectivity index (χ2n) is 4.03. The molecule has 0 spiro atoms. The zero-order valence-electron chi connectivity index (χ0n) is 9.77. The zero-order chi connectivity index (χ0) is 12.1. The van der Waals surface area contributed by atoms with Gasteiger partial charge in [-0.05, 0) is 6.42 Å². The molecule has 1 amide bonds. The van der Waals surface area contributed by atoms with E-state index in [2.05, 4.69) is 25.8 Å². The zero-order valence-corrected chi connectivity index (χ0v) is 9.77. The average Bonchev–Trinajstić information content (AvgIpc) is 2.99. The molecule has 1 aromatic rings. The van der Waals surface area contributed by atoms with Crippen LogP contribution in [0.3, 0.4) is 0 Å². The van der Waals surface area contributed by atoms with Crippen LogP contribution in [0.4, 0.5) is 0 Å². The number of aromatic amines is 1. The van der Waals surface area contributed by atoms with Crippen molar-refractivity contribution in [1.82, 2.24) is 25.8 Å². The van der Waals surface area contributed by atoms with Crippen molar-refractivity contribution >= 4 is 5.91 Å². The van der Waals surface area contributed by atoms with Crippen molar-refractivity contribution in [3.05, 3.63) is 12.2 Å². The largest absolute Gasteiger partial charge is 0.380 e. The summed E-state index contributed by atoms with van der Waals surface area (Å²) in [4.78, 5) is 15.7. The molecule has 1 fully saturated rings. The van der Waals surface area contributed by atoms with Gasteiger partial charge in [0.15, 0.2) is 0 Å². The van der Waals surface area contributed by atoms with Crippen molar-refractivity contribution in [2.24, 2.45) is 0 Å². The first-order chi connectivity index (χ1) is 8.29. The molecule has 1 saturated heterocycles. The Labute approximate surface area is 99.3 Å². The molecular weight excluding hydrogens is 222 g/mol. The lowest BCUT2D eigenvalue weighted by atomic mass is 10.2. The van der Waals surface area contributed by atoms with Gasteiger partial charge < -0.3 is 15.4 Å². The second kappa shape index (κ2) is 5.74. The Morgan fingerprint density at radius 1 is 1.71 bits per heavy atom. The second-order valence-corrected chi connectivity index (χ2v) is 4.03. The molecule has 17 heavy (non-hydrogen) atoms. The van der Waals surface area contributed by atoms with E-state index in [9.17, 15) is 4.79 Å². The fourth-order valence-electron chi connectivity index (χ4n) is 1.86. The maximum Gasteiger partial charge on any atom is 0.237 e. The molecule has 2 rings (SSSR count). The molecule has 0 radical (unpaired) electrons. The highest BCUT2D eigenvalue weighted by Crippen LogP contribution is 2.09. The molecule has 0 saturated carbocycles. The molecule has 0 aliphatic carbocycles. The Morgan fingerprint density at radius 2 is 2.59 bits per heavy atom. The van der Waals surface area contributed by atoms with Gasteiger partial charge in [0.1, 0.15) is 12.2 Å². The quantitative estimate of drug-likeness (QED) is 0.603. The summed E-state index contributed by atoms with van der Waals surface area (Å²) in [7, 11) is 1.66. The van der Waals surface area contributed by atoms with Crippen LogP contribution in [0.2, 0.25) is 0 Å². The van der Waals surface area contributed by atoms with Crippen LogP contribution in [0.1, 0.15) is 12.2 Å². The molecule has 1 aliphatic heterocycles. The van der Waals surface area contributed by atoms with Crippen LogP contribution in [0.25, 0.3) is 0 Å². The molecule has 0 aromatic carbocycles. The molecular formula is C10H17N5O2. The predicted octanol–water partition coefficient (Wildman–Crippen LogP) is -1.16. The molecule has 7 nitrogen and oxygen atoms in total. The van der Waals surface area contributed by atoms with Gasteiger partial charge in [0.2, 0.25) is 5.91 Å². The number of methoxy groups -OCH3 is 1. The minimum atomic E-state index is -0.144. The van der Waals surface area contributed by atoms with Crippen LogP contribution in [-0.4, -0.2) is 53.4 Å². The van der Waals surface area contributed by atoms with E-state index in [-0.39, 0.29) is 18.1 Å². The van der Waals surface area contributed by atoms with Crippen molar-refractivity contribution in [3.8, 4) is 0 Å². The number of rotatable bonds is 5. The summed E-state index contributed by atoms with van der Waals surface area (Å²) in [6.45, 7) is 1.29. The molecule has 0 bridgehead atoms. The van der Waals surface area contributed by atoms with Crippen molar-refractivity contribution in [2.75, 3.05) is 20.2 Å². The van der Waals surface area contributed by atoms with Crippen LogP contribution in [0.5, 0.6) is 0 Å². The number of carbonyl (C=O) groups excluding carboxylic acids is 1. The van der Waals surface area contributed by atoms with Gasteiger partial charge in [0.05, 0.1) is 12.1 Å². The van der Waals surface area contributed by atoms with E-state index in [4.69, 9.17) is 4.74 Å². The molecule has 94 valence electrons. The predicted molar refractivity (Wildman–Crippen MR) is 60.3 cm³/mol. The van der Waals surface area contributed by atoms with Crippen LogP contribution < -0.4 is 10.6 Å². The number of carbonyl (C=O) groups is 1. The topological polar surface area (TPSA) is 91.9 Å². The highest BCUT2D eigenvalue weighted by molar-refractivity contribution is 5.82. The monoisotopic (exact) mass is 239 g/mol. The Bertz CT molecular complexity index is 354. The minimum Gasteiger partial charge on any atom is -0.380 e. The molecule has 2 unspecified atom stereocenters. The van der Waals surface area contributed by atoms with E-state index >= 15 is 0 Å². The highest BCUT2D eigenvalue weighted by atomic mass is 16.5. The van der Waals surface area contributed by atoms with E-state index in [0.29, 0.717) is 13.0 Å². The smallest absolute Gasteiger partial charge is 0.237 e. The summed E-state index contributed by atoms with van der Waals surface area (Å²) in [5.41, 5.74) is 0. The lowest BCUT2D eigenvalue weighted by Crippen LogP contribution is -2.41. The Balaban J connectivity index is 1.67. The molecule has 1 aliphatic rings. The summed E-state index contributed by atoms with van der Waals surface area (Å²) >= 11 is 0. The Kier molecular flexibility index (Phi) is 4.05. The number of nitrogens with zero attached hydrogens (tertiary/aromatic N) is 2. The summed E-state index contributed by atoms with van der Waals surface area (Å²) in [6.07, 6.45) is 2.98. The molecule has 7 heteroatoms. The number of hydrogen-bond acceptors (Lipinski definition) is 5. The fourth-order valence-corrected chi connectivity index (χ4v) is 1.86. The first-order valence-corrected chi connectivity index (χ1v) is 5.67. The van der Waals surface area contributed by atoms with Crippen LogP contribution >= 0.6 is 0 Å². The summed E-state index contributed by atoms with van der Waals surface area (Å²) < 4.78 is 5.19. The number of ether oxygens (including phenoxy) is 1. The number of aromatic nitrogens is 3. The van der Waals surface area contributed by atoms with Gasteiger partial charge in [0.25, 0.3) is 0 Å². The van der Waals surface area contributed by atoms with Crippen molar-refractivity contribution in [2.45, 2.75) is 25.0 Å². The van der Waals surface area contributed by atoms with E-state index in [0.717, 1.165) is 18.8 Å². The molecule has 2 atom stereocenters. The van der Waals surface area contributed by atoms with Gasteiger partial charge >= 0.3 is 0 Å². The average molecular weight is 239 g/mol. The van der Waals surface area contributed by atoms with Crippen molar-refractivity contribution in [3.63, 3.8) is 0 Å². The third-order valence-electron chi connectivity index (χ3n) is 2.87. The number of amides is 1. The van der Waals surface area contributed by atoms with Crippen molar-refractivity contribution in [1.29, 1.82) is 0 Å². The fraction of sp³-hybridized carbons (Fsp3) is 0.700. The lowest BCUT2D eigenvalue weighted by Gasteiger charge is -2.10. The standard InChI is InChI=1S/C10H17N5O2/c1-17-7-4-8(12-5-7)10(16)11-3-2-9-13-6-14-15-9/h6-8,12H,2-5H2,1H3,(H,11,16)(H,13,14,15). The van der Waals surface area contributed by atoms with Crippen LogP contribution in [0, 0.1) is 0 Å². The van der Waals surface area contributed by atoms with Gasteiger partial charge in [-0.1, -0.05) is 0 Å². The summed E-state index contributed by atoms with van der Waals surface area (Å²) in [5, 5.41) is 12.5. The summed E-state index contributed by atoms with van der Waals surface area (Å²) in [6, 6.07) is -0.144.